The standard InChI is InChI=1S/C11H18O4/c1-8(9(12)13)10(14)15-11(2)6-4-3-5-7-11/h8H,3-7H2,1-2H3,(H,12,13). The Morgan fingerprint density at radius 1 is 1.27 bits per heavy atom. The van der Waals surface area contributed by atoms with Gasteiger partial charge in [0.2, 0.25) is 0 Å². The van der Waals surface area contributed by atoms with Gasteiger partial charge in [0.1, 0.15) is 5.60 Å². The first-order valence-electron chi connectivity index (χ1n) is 5.40. The minimum atomic E-state index is -1.13. The minimum absolute atomic E-state index is 0.445. The molecule has 1 aliphatic rings. The van der Waals surface area contributed by atoms with Crippen LogP contribution in [0.3, 0.4) is 0 Å². The highest BCUT2D eigenvalue weighted by Gasteiger charge is 2.34. The van der Waals surface area contributed by atoms with Crippen molar-refractivity contribution in [3.05, 3.63) is 0 Å². The van der Waals surface area contributed by atoms with E-state index in [0.717, 1.165) is 25.7 Å². The number of carboxylic acid groups (broad SMARTS) is 1. The molecule has 0 aliphatic heterocycles. The Kier molecular flexibility index (Phi) is 3.72. The molecule has 0 spiro atoms. The van der Waals surface area contributed by atoms with Crippen molar-refractivity contribution in [1.82, 2.24) is 0 Å². The highest BCUT2D eigenvalue weighted by molar-refractivity contribution is 5.93. The lowest BCUT2D eigenvalue weighted by Crippen LogP contribution is -2.37. The lowest BCUT2D eigenvalue weighted by molar-refractivity contribution is -0.170. The van der Waals surface area contributed by atoms with Gasteiger partial charge < -0.3 is 9.84 Å². The Morgan fingerprint density at radius 3 is 2.27 bits per heavy atom. The largest absolute Gasteiger partial charge is 0.481 e. The number of carboxylic acids is 1. The summed E-state index contributed by atoms with van der Waals surface area (Å²) in [5.41, 5.74) is -0.445. The molecule has 0 amide bonds. The van der Waals surface area contributed by atoms with E-state index < -0.39 is 23.5 Å². The Bertz CT molecular complexity index is 253. The number of hydrogen-bond acceptors (Lipinski definition) is 3. The van der Waals surface area contributed by atoms with E-state index in [1.54, 1.807) is 0 Å². The molecule has 1 fully saturated rings. The summed E-state index contributed by atoms with van der Waals surface area (Å²) in [5.74, 6) is -2.81. The zero-order valence-electron chi connectivity index (χ0n) is 9.28. The number of rotatable bonds is 3. The lowest BCUT2D eigenvalue weighted by atomic mass is 9.86. The maximum atomic E-state index is 11.5. The van der Waals surface area contributed by atoms with Crippen LogP contribution in [-0.2, 0) is 14.3 Å². The molecule has 4 heteroatoms. The summed E-state index contributed by atoms with van der Waals surface area (Å²) < 4.78 is 5.28. The van der Waals surface area contributed by atoms with Crippen molar-refractivity contribution in [3.8, 4) is 0 Å². The molecule has 0 aromatic carbocycles. The van der Waals surface area contributed by atoms with Crippen LogP contribution in [0.4, 0.5) is 0 Å². The lowest BCUT2D eigenvalue weighted by Gasteiger charge is -2.33. The van der Waals surface area contributed by atoms with Crippen LogP contribution in [0.5, 0.6) is 0 Å². The molecule has 0 heterocycles. The number of hydrogen-bond donors (Lipinski definition) is 1. The van der Waals surface area contributed by atoms with Gasteiger partial charge in [0.15, 0.2) is 5.92 Å². The maximum absolute atomic E-state index is 11.5. The molecule has 1 aliphatic carbocycles. The minimum Gasteiger partial charge on any atom is -0.481 e. The van der Waals surface area contributed by atoms with Gasteiger partial charge in [0, 0.05) is 0 Å². The van der Waals surface area contributed by atoms with Crippen LogP contribution >= 0.6 is 0 Å². The Morgan fingerprint density at radius 2 is 1.80 bits per heavy atom. The Labute approximate surface area is 89.6 Å². The van der Waals surface area contributed by atoms with E-state index in [9.17, 15) is 9.59 Å². The molecule has 0 radical (unpaired) electrons. The third-order valence-electron chi connectivity index (χ3n) is 2.98. The quantitative estimate of drug-likeness (QED) is 0.576. The van der Waals surface area contributed by atoms with E-state index in [1.165, 1.54) is 13.3 Å². The summed E-state index contributed by atoms with van der Waals surface area (Å²) in [4.78, 5) is 22.0. The fraction of sp³-hybridized carbons (Fsp3) is 0.818. The summed E-state index contributed by atoms with van der Waals surface area (Å²) in [6.07, 6.45) is 4.94. The number of ether oxygens (including phenoxy) is 1. The van der Waals surface area contributed by atoms with Crippen molar-refractivity contribution in [3.63, 3.8) is 0 Å². The van der Waals surface area contributed by atoms with Gasteiger partial charge in [-0.1, -0.05) is 6.42 Å². The molecule has 4 nitrogen and oxygen atoms in total. The molecule has 0 bridgehead atoms. The topological polar surface area (TPSA) is 63.6 Å². The molecule has 0 aromatic rings. The van der Waals surface area contributed by atoms with Crippen LogP contribution in [0.1, 0.15) is 46.0 Å². The van der Waals surface area contributed by atoms with Crippen molar-refractivity contribution < 1.29 is 19.4 Å². The van der Waals surface area contributed by atoms with Crippen LogP contribution < -0.4 is 0 Å². The van der Waals surface area contributed by atoms with E-state index in [0.29, 0.717) is 0 Å². The molecule has 86 valence electrons. The van der Waals surface area contributed by atoms with Crippen molar-refractivity contribution in [2.24, 2.45) is 5.92 Å². The number of aliphatic carboxylic acids is 1. The normalized spacial score (nSPS) is 21.7. The van der Waals surface area contributed by atoms with E-state index in [4.69, 9.17) is 9.84 Å². The van der Waals surface area contributed by atoms with Crippen LogP contribution in [0.2, 0.25) is 0 Å². The first-order valence-corrected chi connectivity index (χ1v) is 5.40. The van der Waals surface area contributed by atoms with Gasteiger partial charge in [-0.2, -0.15) is 0 Å². The number of esters is 1. The molecule has 1 N–H and O–H groups in total. The molecule has 1 rings (SSSR count). The van der Waals surface area contributed by atoms with Gasteiger partial charge in [-0.05, 0) is 39.5 Å². The van der Waals surface area contributed by atoms with Crippen molar-refractivity contribution in [2.75, 3.05) is 0 Å². The predicted molar refractivity (Wildman–Crippen MR) is 54.4 cm³/mol. The van der Waals surface area contributed by atoms with Crippen LogP contribution in [0, 0.1) is 5.92 Å². The van der Waals surface area contributed by atoms with Gasteiger partial charge in [0.25, 0.3) is 0 Å². The summed E-state index contributed by atoms with van der Waals surface area (Å²) in [6.45, 7) is 3.25. The monoisotopic (exact) mass is 214 g/mol. The predicted octanol–water partition coefficient (Wildman–Crippen LogP) is 1.97. The second-order valence-corrected chi connectivity index (χ2v) is 4.49. The van der Waals surface area contributed by atoms with Crippen LogP contribution in [0.15, 0.2) is 0 Å². The van der Waals surface area contributed by atoms with Gasteiger partial charge in [-0.25, -0.2) is 0 Å². The Balaban J connectivity index is 2.52. The molecule has 1 atom stereocenters. The first-order chi connectivity index (χ1) is 6.94. The third-order valence-corrected chi connectivity index (χ3v) is 2.98. The fourth-order valence-corrected chi connectivity index (χ4v) is 1.83. The molecule has 1 unspecified atom stereocenters. The maximum Gasteiger partial charge on any atom is 0.320 e. The highest BCUT2D eigenvalue weighted by atomic mass is 16.6. The number of carbonyl (C=O) groups is 2. The second-order valence-electron chi connectivity index (χ2n) is 4.49. The van der Waals surface area contributed by atoms with Gasteiger partial charge in [-0.3, -0.25) is 9.59 Å². The van der Waals surface area contributed by atoms with E-state index in [2.05, 4.69) is 0 Å². The average molecular weight is 214 g/mol. The first kappa shape index (κ1) is 12.0. The van der Waals surface area contributed by atoms with Gasteiger partial charge in [-0.15, -0.1) is 0 Å². The van der Waals surface area contributed by atoms with Crippen molar-refractivity contribution >= 4 is 11.9 Å². The van der Waals surface area contributed by atoms with Crippen LogP contribution in [-0.4, -0.2) is 22.6 Å². The van der Waals surface area contributed by atoms with Crippen LogP contribution in [0.25, 0.3) is 0 Å². The Hall–Kier alpha value is -1.06. The second kappa shape index (κ2) is 4.64. The number of carbonyl (C=O) groups excluding carboxylic acids is 1. The molecule has 1 saturated carbocycles. The van der Waals surface area contributed by atoms with E-state index in [-0.39, 0.29) is 0 Å². The molecular formula is C11H18O4. The molecular weight excluding hydrogens is 196 g/mol. The summed E-state index contributed by atoms with van der Waals surface area (Å²) in [5, 5.41) is 8.67. The van der Waals surface area contributed by atoms with Gasteiger partial charge in [0.05, 0.1) is 0 Å². The highest BCUT2D eigenvalue weighted by Crippen LogP contribution is 2.31. The summed E-state index contributed by atoms with van der Waals surface area (Å²) in [6, 6.07) is 0. The van der Waals surface area contributed by atoms with E-state index in [1.807, 2.05) is 6.92 Å². The average Bonchev–Trinajstić information content (AvgIpc) is 2.16. The molecule has 0 saturated heterocycles. The third kappa shape index (κ3) is 3.22. The molecule has 0 aromatic heterocycles. The van der Waals surface area contributed by atoms with Crippen molar-refractivity contribution in [1.29, 1.82) is 0 Å². The smallest absolute Gasteiger partial charge is 0.320 e. The van der Waals surface area contributed by atoms with Crippen molar-refractivity contribution in [2.45, 2.75) is 51.6 Å². The fourth-order valence-electron chi connectivity index (χ4n) is 1.83. The SMILES string of the molecule is CC(C(=O)O)C(=O)OC1(C)CCCCC1. The zero-order chi connectivity index (χ0) is 11.5. The van der Waals surface area contributed by atoms with Gasteiger partial charge >= 0.3 is 11.9 Å². The summed E-state index contributed by atoms with van der Waals surface area (Å²) in [7, 11) is 0. The zero-order valence-corrected chi connectivity index (χ0v) is 9.28. The van der Waals surface area contributed by atoms with E-state index >= 15 is 0 Å². The molecule has 15 heavy (non-hydrogen) atoms. The summed E-state index contributed by atoms with van der Waals surface area (Å²) >= 11 is 0.